The summed E-state index contributed by atoms with van der Waals surface area (Å²) in [5.41, 5.74) is 0. The summed E-state index contributed by atoms with van der Waals surface area (Å²) in [7, 11) is 0. The van der Waals surface area contributed by atoms with E-state index in [1.807, 2.05) is 30.8 Å². The summed E-state index contributed by atoms with van der Waals surface area (Å²) in [6.45, 7) is 2.32. The molecule has 0 aliphatic heterocycles. The maximum atomic E-state index is 11.0. The Labute approximate surface area is 107 Å². The van der Waals surface area contributed by atoms with Gasteiger partial charge < -0.3 is 9.15 Å². The summed E-state index contributed by atoms with van der Waals surface area (Å²) >= 11 is 1.87. The fraction of sp³-hybridized carbons (Fsp3) is 0.615. The van der Waals surface area contributed by atoms with Crippen molar-refractivity contribution in [3.05, 3.63) is 24.2 Å². The van der Waals surface area contributed by atoms with Crippen molar-refractivity contribution in [2.75, 3.05) is 12.4 Å². The number of thioether (sulfide) groups is 1. The molecule has 0 bridgehead atoms. The third kappa shape index (κ3) is 7.10. The number of ether oxygens (including phenoxy) is 1. The SMILES string of the molecule is CCOC(=O)CCCCCSCc1ccco1. The monoisotopic (exact) mass is 256 g/mol. The number of carbonyl (C=O) groups excluding carboxylic acids is 1. The quantitative estimate of drug-likeness (QED) is 0.499. The van der Waals surface area contributed by atoms with E-state index in [0.29, 0.717) is 13.0 Å². The van der Waals surface area contributed by atoms with Gasteiger partial charge >= 0.3 is 5.97 Å². The lowest BCUT2D eigenvalue weighted by Gasteiger charge is -2.02. The third-order valence-corrected chi connectivity index (χ3v) is 3.37. The Morgan fingerprint density at radius 2 is 2.29 bits per heavy atom. The summed E-state index contributed by atoms with van der Waals surface area (Å²) in [4.78, 5) is 11.0. The van der Waals surface area contributed by atoms with Gasteiger partial charge in [0, 0.05) is 6.42 Å². The van der Waals surface area contributed by atoms with Crippen LogP contribution in [0, 0.1) is 0 Å². The van der Waals surface area contributed by atoms with E-state index in [4.69, 9.17) is 9.15 Å². The Balaban J connectivity index is 1.86. The number of hydrogen-bond donors (Lipinski definition) is 0. The van der Waals surface area contributed by atoms with Crippen LogP contribution in [-0.4, -0.2) is 18.3 Å². The molecule has 0 unspecified atom stereocenters. The molecule has 4 heteroatoms. The first kappa shape index (κ1) is 14.2. The Morgan fingerprint density at radius 1 is 1.41 bits per heavy atom. The van der Waals surface area contributed by atoms with Crippen molar-refractivity contribution in [1.29, 1.82) is 0 Å². The minimum absolute atomic E-state index is 0.0734. The number of esters is 1. The van der Waals surface area contributed by atoms with Gasteiger partial charge in [0.05, 0.1) is 18.6 Å². The van der Waals surface area contributed by atoms with Gasteiger partial charge in [-0.15, -0.1) is 0 Å². The van der Waals surface area contributed by atoms with Crippen molar-refractivity contribution >= 4 is 17.7 Å². The van der Waals surface area contributed by atoms with Crippen LogP contribution < -0.4 is 0 Å². The molecule has 96 valence electrons. The molecule has 1 aromatic heterocycles. The van der Waals surface area contributed by atoms with Crippen molar-refractivity contribution in [3.8, 4) is 0 Å². The van der Waals surface area contributed by atoms with Crippen molar-refractivity contribution in [2.24, 2.45) is 0 Å². The van der Waals surface area contributed by atoms with Crippen LogP contribution in [0.15, 0.2) is 22.8 Å². The highest BCUT2D eigenvalue weighted by molar-refractivity contribution is 7.98. The van der Waals surface area contributed by atoms with E-state index in [1.165, 1.54) is 0 Å². The molecule has 0 atom stereocenters. The predicted octanol–water partition coefficient (Wildman–Crippen LogP) is 3.64. The van der Waals surface area contributed by atoms with E-state index in [-0.39, 0.29) is 5.97 Å². The largest absolute Gasteiger partial charge is 0.468 e. The third-order valence-electron chi connectivity index (χ3n) is 2.30. The minimum atomic E-state index is -0.0734. The maximum Gasteiger partial charge on any atom is 0.305 e. The van der Waals surface area contributed by atoms with Crippen molar-refractivity contribution in [1.82, 2.24) is 0 Å². The molecule has 0 saturated carbocycles. The number of unbranched alkanes of at least 4 members (excludes halogenated alkanes) is 2. The van der Waals surface area contributed by atoms with Crippen LogP contribution in [0.3, 0.4) is 0 Å². The van der Waals surface area contributed by atoms with Gasteiger partial charge in [0.25, 0.3) is 0 Å². The number of hydrogen-bond acceptors (Lipinski definition) is 4. The average Bonchev–Trinajstić information content (AvgIpc) is 2.81. The van der Waals surface area contributed by atoms with Crippen LogP contribution in [0.5, 0.6) is 0 Å². The lowest BCUT2D eigenvalue weighted by atomic mass is 10.2. The van der Waals surface area contributed by atoms with Gasteiger partial charge in [-0.1, -0.05) is 6.42 Å². The lowest BCUT2D eigenvalue weighted by Crippen LogP contribution is -2.03. The molecule has 0 N–H and O–H groups in total. The number of furan rings is 1. The Hall–Kier alpha value is -0.900. The molecule has 0 fully saturated rings. The molecule has 0 aromatic carbocycles. The molecule has 0 amide bonds. The van der Waals surface area contributed by atoms with E-state index >= 15 is 0 Å². The van der Waals surface area contributed by atoms with Crippen LogP contribution in [-0.2, 0) is 15.3 Å². The van der Waals surface area contributed by atoms with Crippen LogP contribution >= 0.6 is 11.8 Å². The normalized spacial score (nSPS) is 10.4. The predicted molar refractivity (Wildman–Crippen MR) is 70.0 cm³/mol. The minimum Gasteiger partial charge on any atom is -0.468 e. The lowest BCUT2D eigenvalue weighted by molar-refractivity contribution is -0.143. The molecule has 0 radical (unpaired) electrons. The molecule has 17 heavy (non-hydrogen) atoms. The fourth-order valence-electron chi connectivity index (χ4n) is 1.45. The molecule has 0 saturated heterocycles. The number of carbonyl (C=O) groups is 1. The van der Waals surface area contributed by atoms with E-state index in [0.717, 1.165) is 36.5 Å². The molecule has 3 nitrogen and oxygen atoms in total. The van der Waals surface area contributed by atoms with Gasteiger partial charge in [-0.25, -0.2) is 0 Å². The van der Waals surface area contributed by atoms with Crippen LogP contribution in [0.1, 0.15) is 38.4 Å². The van der Waals surface area contributed by atoms with Crippen molar-refractivity contribution < 1.29 is 13.9 Å². The smallest absolute Gasteiger partial charge is 0.305 e. The van der Waals surface area contributed by atoms with Crippen LogP contribution in [0.25, 0.3) is 0 Å². The molecular weight excluding hydrogens is 236 g/mol. The van der Waals surface area contributed by atoms with Gasteiger partial charge in [-0.05, 0) is 37.7 Å². The Morgan fingerprint density at radius 3 is 3.00 bits per heavy atom. The average molecular weight is 256 g/mol. The molecule has 1 rings (SSSR count). The molecule has 0 aliphatic carbocycles. The van der Waals surface area contributed by atoms with Crippen molar-refractivity contribution in [3.63, 3.8) is 0 Å². The first-order chi connectivity index (χ1) is 8.33. The Kier molecular flexibility index (Phi) is 7.63. The summed E-state index contributed by atoms with van der Waals surface area (Å²) in [6.07, 6.45) is 5.42. The summed E-state index contributed by atoms with van der Waals surface area (Å²) < 4.78 is 10.1. The van der Waals surface area contributed by atoms with Crippen LogP contribution in [0.2, 0.25) is 0 Å². The molecule has 1 aromatic rings. The standard InChI is InChI=1S/C13H20O3S/c1-2-15-13(14)8-4-3-5-10-17-11-12-7-6-9-16-12/h6-7,9H,2-5,8,10-11H2,1H3. The second kappa shape index (κ2) is 9.16. The summed E-state index contributed by atoms with van der Waals surface area (Å²) in [5.74, 6) is 3.01. The Bertz CT molecular complexity index is 296. The first-order valence-corrected chi connectivity index (χ1v) is 7.24. The summed E-state index contributed by atoms with van der Waals surface area (Å²) in [5, 5.41) is 0. The topological polar surface area (TPSA) is 39.4 Å². The van der Waals surface area contributed by atoms with Gasteiger partial charge in [0.1, 0.15) is 5.76 Å². The van der Waals surface area contributed by atoms with E-state index < -0.39 is 0 Å². The van der Waals surface area contributed by atoms with Gasteiger partial charge in [-0.2, -0.15) is 11.8 Å². The second-order valence-corrected chi connectivity index (χ2v) is 4.85. The second-order valence-electron chi connectivity index (χ2n) is 3.75. The molecule has 0 spiro atoms. The highest BCUT2D eigenvalue weighted by atomic mass is 32.2. The number of rotatable bonds is 9. The van der Waals surface area contributed by atoms with Crippen molar-refractivity contribution in [2.45, 2.75) is 38.4 Å². The maximum absolute atomic E-state index is 11.0. The zero-order valence-electron chi connectivity index (χ0n) is 10.3. The van der Waals surface area contributed by atoms with E-state index in [1.54, 1.807) is 6.26 Å². The summed E-state index contributed by atoms with van der Waals surface area (Å²) in [6, 6.07) is 3.91. The van der Waals surface area contributed by atoms with Gasteiger partial charge in [0.2, 0.25) is 0 Å². The zero-order chi connectivity index (χ0) is 12.3. The van der Waals surface area contributed by atoms with E-state index in [2.05, 4.69) is 0 Å². The van der Waals surface area contributed by atoms with Gasteiger partial charge in [-0.3, -0.25) is 4.79 Å². The highest BCUT2D eigenvalue weighted by Crippen LogP contribution is 2.14. The fourth-order valence-corrected chi connectivity index (χ4v) is 2.37. The molecule has 1 heterocycles. The highest BCUT2D eigenvalue weighted by Gasteiger charge is 2.01. The zero-order valence-corrected chi connectivity index (χ0v) is 11.1. The molecular formula is C13H20O3S. The molecule has 0 aliphatic rings. The first-order valence-electron chi connectivity index (χ1n) is 6.08. The van der Waals surface area contributed by atoms with Crippen LogP contribution in [0.4, 0.5) is 0 Å². The van der Waals surface area contributed by atoms with E-state index in [9.17, 15) is 4.79 Å². The van der Waals surface area contributed by atoms with Gasteiger partial charge in [0.15, 0.2) is 0 Å².